The molecule has 0 amide bonds. The molecule has 3 aromatic rings. The number of aromatic nitrogens is 1. The minimum Gasteiger partial charge on any atom is -0.477 e. The molecule has 3 rings (SSSR count). The predicted molar refractivity (Wildman–Crippen MR) is 80.3 cm³/mol. The molecule has 0 saturated heterocycles. The van der Waals surface area contributed by atoms with Gasteiger partial charge in [-0.15, -0.1) is 0 Å². The molecule has 0 aliphatic carbocycles. The Labute approximate surface area is 129 Å². The van der Waals surface area contributed by atoms with Crippen LogP contribution in [0.25, 0.3) is 22.0 Å². The Bertz CT molecular complexity index is 896. The number of alkyl halides is 3. The molecule has 0 aliphatic heterocycles. The van der Waals surface area contributed by atoms with Gasteiger partial charge in [-0.3, -0.25) is 0 Å². The Kier molecular flexibility index (Phi) is 3.39. The van der Waals surface area contributed by atoms with Gasteiger partial charge in [0, 0.05) is 23.5 Å². The smallest absolute Gasteiger partial charge is 0.416 e. The predicted octanol–water partition coefficient (Wildman–Crippen LogP) is 4.56. The lowest BCUT2D eigenvalue weighted by Crippen LogP contribution is -2.05. The number of hydrogen-bond donors (Lipinski definition) is 1. The highest BCUT2D eigenvalue weighted by Crippen LogP contribution is 2.38. The van der Waals surface area contributed by atoms with Crippen molar-refractivity contribution < 1.29 is 23.1 Å². The van der Waals surface area contributed by atoms with Crippen LogP contribution in [0.5, 0.6) is 0 Å². The highest BCUT2D eigenvalue weighted by Gasteiger charge is 2.32. The third-order valence-electron chi connectivity index (χ3n) is 3.79. The lowest BCUT2D eigenvalue weighted by Gasteiger charge is -2.07. The first-order chi connectivity index (χ1) is 10.8. The summed E-state index contributed by atoms with van der Waals surface area (Å²) < 4.78 is 40.4. The van der Waals surface area contributed by atoms with Crippen LogP contribution in [0.4, 0.5) is 13.2 Å². The Hall–Kier alpha value is -2.76. The molecule has 3 nitrogen and oxygen atoms in total. The van der Waals surface area contributed by atoms with Crippen molar-refractivity contribution in [2.75, 3.05) is 0 Å². The number of carbonyl (C=O) groups is 1. The topological polar surface area (TPSA) is 42.2 Å². The first-order valence-electron chi connectivity index (χ1n) is 6.79. The van der Waals surface area contributed by atoms with E-state index in [0.717, 1.165) is 12.1 Å². The normalized spacial score (nSPS) is 11.8. The second-order valence-corrected chi connectivity index (χ2v) is 5.18. The van der Waals surface area contributed by atoms with Crippen molar-refractivity contribution in [2.24, 2.45) is 7.05 Å². The zero-order chi connectivity index (χ0) is 16.8. The summed E-state index contributed by atoms with van der Waals surface area (Å²) in [6, 6.07) is 11.8. The fourth-order valence-corrected chi connectivity index (χ4v) is 2.77. The molecule has 0 saturated carbocycles. The van der Waals surface area contributed by atoms with Crippen molar-refractivity contribution in [2.45, 2.75) is 6.18 Å². The van der Waals surface area contributed by atoms with E-state index in [2.05, 4.69) is 0 Å². The Morgan fingerprint density at radius 3 is 2.30 bits per heavy atom. The molecule has 0 radical (unpaired) electrons. The second kappa shape index (κ2) is 5.15. The Balaban J connectivity index is 2.43. The van der Waals surface area contributed by atoms with E-state index >= 15 is 0 Å². The third-order valence-corrected chi connectivity index (χ3v) is 3.79. The number of carboxylic acid groups (broad SMARTS) is 1. The summed E-state index contributed by atoms with van der Waals surface area (Å²) >= 11 is 0. The Morgan fingerprint density at radius 1 is 1.09 bits per heavy atom. The van der Waals surface area contributed by atoms with Crippen LogP contribution in [0.15, 0.2) is 48.5 Å². The van der Waals surface area contributed by atoms with Crippen LogP contribution in [-0.2, 0) is 13.2 Å². The van der Waals surface area contributed by atoms with E-state index < -0.39 is 17.7 Å². The molecule has 0 atom stereocenters. The molecule has 1 N–H and O–H groups in total. The number of benzene rings is 2. The number of rotatable bonds is 2. The molecule has 0 spiro atoms. The van der Waals surface area contributed by atoms with Crippen molar-refractivity contribution >= 4 is 16.9 Å². The summed E-state index contributed by atoms with van der Waals surface area (Å²) in [6.45, 7) is 0. The summed E-state index contributed by atoms with van der Waals surface area (Å²) in [5.41, 5.74) is 0.459. The first-order valence-corrected chi connectivity index (χ1v) is 6.79. The summed E-state index contributed by atoms with van der Waals surface area (Å²) in [7, 11) is 1.53. The SMILES string of the molecule is Cn1c(C(=O)O)c(-c2ccccc2)c2cc(C(F)(F)F)ccc21. The van der Waals surface area contributed by atoms with Crippen molar-refractivity contribution in [1.82, 2.24) is 4.57 Å². The first kappa shape index (κ1) is 15.1. The van der Waals surface area contributed by atoms with Crippen molar-refractivity contribution in [1.29, 1.82) is 0 Å². The summed E-state index contributed by atoms with van der Waals surface area (Å²) in [4.78, 5) is 11.6. The molecule has 23 heavy (non-hydrogen) atoms. The van der Waals surface area contributed by atoms with E-state index in [1.807, 2.05) is 0 Å². The number of nitrogens with zero attached hydrogens (tertiary/aromatic N) is 1. The highest BCUT2D eigenvalue weighted by atomic mass is 19.4. The minimum absolute atomic E-state index is 0.0366. The molecule has 0 aliphatic rings. The third kappa shape index (κ3) is 2.46. The largest absolute Gasteiger partial charge is 0.477 e. The van der Waals surface area contributed by atoms with Gasteiger partial charge in [-0.25, -0.2) is 4.79 Å². The van der Waals surface area contributed by atoms with Gasteiger partial charge in [-0.1, -0.05) is 30.3 Å². The quantitative estimate of drug-likeness (QED) is 0.752. The summed E-state index contributed by atoms with van der Waals surface area (Å²) in [5, 5.41) is 9.76. The average molecular weight is 319 g/mol. The van der Waals surface area contributed by atoms with E-state index in [1.54, 1.807) is 30.3 Å². The van der Waals surface area contributed by atoms with Gasteiger partial charge in [0.1, 0.15) is 5.69 Å². The van der Waals surface area contributed by atoms with E-state index in [4.69, 9.17) is 0 Å². The van der Waals surface area contributed by atoms with E-state index in [-0.39, 0.29) is 11.1 Å². The van der Waals surface area contributed by atoms with Gasteiger partial charge in [0.2, 0.25) is 0 Å². The number of hydrogen-bond acceptors (Lipinski definition) is 1. The van der Waals surface area contributed by atoms with Gasteiger partial charge < -0.3 is 9.67 Å². The molecule has 0 unspecified atom stereocenters. The number of aromatic carboxylic acids is 1. The van der Waals surface area contributed by atoms with Crippen LogP contribution < -0.4 is 0 Å². The zero-order valence-electron chi connectivity index (χ0n) is 12.1. The second-order valence-electron chi connectivity index (χ2n) is 5.18. The molecular formula is C17H12F3NO2. The van der Waals surface area contributed by atoms with E-state index in [1.165, 1.54) is 17.7 Å². The Morgan fingerprint density at radius 2 is 1.74 bits per heavy atom. The van der Waals surface area contributed by atoms with Crippen molar-refractivity contribution in [3.63, 3.8) is 0 Å². The van der Waals surface area contributed by atoms with Crippen molar-refractivity contribution in [3.8, 4) is 11.1 Å². The molecule has 0 bridgehead atoms. The molecule has 2 aromatic carbocycles. The summed E-state index contributed by atoms with van der Waals surface area (Å²) in [6.07, 6.45) is -4.48. The van der Waals surface area contributed by atoms with Crippen LogP contribution >= 0.6 is 0 Å². The number of fused-ring (bicyclic) bond motifs is 1. The molecule has 1 aromatic heterocycles. The minimum atomic E-state index is -4.48. The fourth-order valence-electron chi connectivity index (χ4n) is 2.77. The fraction of sp³-hybridized carbons (Fsp3) is 0.118. The van der Waals surface area contributed by atoms with Crippen LogP contribution in [0.2, 0.25) is 0 Å². The standard InChI is InChI=1S/C17H12F3NO2/c1-21-13-8-7-11(17(18,19)20)9-12(13)14(15(21)16(22)23)10-5-3-2-4-6-10/h2-9H,1H3,(H,22,23). The lowest BCUT2D eigenvalue weighted by atomic mass is 10.0. The summed E-state index contributed by atoms with van der Waals surface area (Å²) in [5.74, 6) is -1.18. The maximum Gasteiger partial charge on any atom is 0.416 e. The molecule has 0 fully saturated rings. The van der Waals surface area contributed by atoms with E-state index in [9.17, 15) is 23.1 Å². The van der Waals surface area contributed by atoms with E-state index in [0.29, 0.717) is 16.6 Å². The molecule has 6 heteroatoms. The van der Waals surface area contributed by atoms with Gasteiger partial charge in [0.15, 0.2) is 0 Å². The molecule has 1 heterocycles. The number of halogens is 3. The average Bonchev–Trinajstić information content (AvgIpc) is 2.80. The number of aryl methyl sites for hydroxylation is 1. The van der Waals surface area contributed by atoms with Crippen molar-refractivity contribution in [3.05, 3.63) is 59.8 Å². The van der Waals surface area contributed by atoms with Gasteiger partial charge >= 0.3 is 12.1 Å². The number of carboxylic acids is 1. The monoisotopic (exact) mass is 319 g/mol. The lowest BCUT2D eigenvalue weighted by molar-refractivity contribution is -0.137. The maximum absolute atomic E-state index is 13.0. The molecular weight excluding hydrogens is 307 g/mol. The maximum atomic E-state index is 13.0. The van der Waals surface area contributed by atoms with Gasteiger partial charge in [-0.05, 0) is 23.8 Å². The van der Waals surface area contributed by atoms with Crippen LogP contribution in [0.3, 0.4) is 0 Å². The van der Waals surface area contributed by atoms with Gasteiger partial charge in [0.05, 0.1) is 5.56 Å². The molecule has 118 valence electrons. The highest BCUT2D eigenvalue weighted by molar-refractivity contribution is 6.08. The van der Waals surface area contributed by atoms with Gasteiger partial charge in [-0.2, -0.15) is 13.2 Å². The van der Waals surface area contributed by atoms with Crippen LogP contribution in [0.1, 0.15) is 16.1 Å². The zero-order valence-corrected chi connectivity index (χ0v) is 12.1. The van der Waals surface area contributed by atoms with Crippen LogP contribution in [-0.4, -0.2) is 15.6 Å². The van der Waals surface area contributed by atoms with Crippen LogP contribution in [0, 0.1) is 0 Å². The van der Waals surface area contributed by atoms with Gasteiger partial charge in [0.25, 0.3) is 0 Å².